The zero-order valence-electron chi connectivity index (χ0n) is 10.4. The first kappa shape index (κ1) is 12.8. The zero-order valence-corrected chi connectivity index (χ0v) is 11.1. The molecule has 1 atom stereocenters. The molecule has 0 saturated heterocycles. The van der Waals surface area contributed by atoms with Gasteiger partial charge in [-0.25, -0.2) is 4.39 Å². The van der Waals surface area contributed by atoms with E-state index in [-0.39, 0.29) is 16.8 Å². The molecule has 1 saturated carbocycles. The molecule has 1 aliphatic rings. The van der Waals surface area contributed by atoms with Crippen molar-refractivity contribution in [3.63, 3.8) is 0 Å². The minimum Gasteiger partial charge on any atom is -0.325 e. The third-order valence-corrected chi connectivity index (χ3v) is 3.92. The number of hydrogen-bond acceptors (Lipinski definition) is 1. The quantitative estimate of drug-likeness (QED) is 0.851. The molecule has 2 N–H and O–H groups in total. The van der Waals surface area contributed by atoms with Crippen molar-refractivity contribution in [1.82, 2.24) is 0 Å². The number of halogens is 2. The maximum Gasteiger partial charge on any atom is 0.126 e. The average molecular weight is 256 g/mol. The van der Waals surface area contributed by atoms with Crippen molar-refractivity contribution < 1.29 is 4.39 Å². The molecule has 1 fully saturated rings. The van der Waals surface area contributed by atoms with Crippen molar-refractivity contribution in [2.75, 3.05) is 0 Å². The summed E-state index contributed by atoms with van der Waals surface area (Å²) in [6.07, 6.45) is 3.56. The predicted molar refractivity (Wildman–Crippen MR) is 69.7 cm³/mol. The van der Waals surface area contributed by atoms with E-state index in [4.69, 9.17) is 17.3 Å². The van der Waals surface area contributed by atoms with Gasteiger partial charge in [0.15, 0.2) is 0 Å². The van der Waals surface area contributed by atoms with E-state index >= 15 is 0 Å². The van der Waals surface area contributed by atoms with Gasteiger partial charge in [-0.15, -0.1) is 0 Å². The molecular weight excluding hydrogens is 237 g/mol. The van der Waals surface area contributed by atoms with Gasteiger partial charge >= 0.3 is 0 Å². The van der Waals surface area contributed by atoms with Crippen molar-refractivity contribution in [1.29, 1.82) is 0 Å². The number of rotatable bonds is 2. The van der Waals surface area contributed by atoms with E-state index in [0.717, 1.165) is 19.3 Å². The fourth-order valence-corrected chi connectivity index (χ4v) is 3.12. The Morgan fingerprint density at radius 1 is 1.35 bits per heavy atom. The van der Waals surface area contributed by atoms with Crippen LogP contribution in [0, 0.1) is 11.2 Å². The molecule has 94 valence electrons. The van der Waals surface area contributed by atoms with Crippen LogP contribution >= 0.6 is 11.6 Å². The first-order valence-electron chi connectivity index (χ1n) is 6.03. The van der Waals surface area contributed by atoms with Gasteiger partial charge in [0.2, 0.25) is 0 Å². The Morgan fingerprint density at radius 3 is 2.65 bits per heavy atom. The van der Waals surface area contributed by atoms with Crippen molar-refractivity contribution in [2.24, 2.45) is 11.1 Å². The van der Waals surface area contributed by atoms with Crippen LogP contribution in [0.3, 0.4) is 0 Å². The first-order chi connectivity index (χ1) is 7.80. The van der Waals surface area contributed by atoms with Crippen LogP contribution in [0.1, 0.15) is 38.7 Å². The van der Waals surface area contributed by atoms with Gasteiger partial charge in [-0.2, -0.15) is 0 Å². The van der Waals surface area contributed by atoms with Crippen molar-refractivity contribution >= 4 is 11.6 Å². The van der Waals surface area contributed by atoms with E-state index in [0.29, 0.717) is 17.0 Å². The average Bonchev–Trinajstić information content (AvgIpc) is 2.47. The molecule has 17 heavy (non-hydrogen) atoms. The maximum atomic E-state index is 13.7. The topological polar surface area (TPSA) is 26.0 Å². The molecule has 1 aromatic carbocycles. The molecule has 1 unspecified atom stereocenters. The Labute approximate surface area is 107 Å². The van der Waals surface area contributed by atoms with Gasteiger partial charge in [-0.3, -0.25) is 0 Å². The van der Waals surface area contributed by atoms with Crippen LogP contribution in [0.25, 0.3) is 0 Å². The number of benzene rings is 1. The summed E-state index contributed by atoms with van der Waals surface area (Å²) in [4.78, 5) is 0. The Morgan fingerprint density at radius 2 is 2.06 bits per heavy atom. The standard InChI is InChI=1S/C14H19ClFN/c1-13(2)5-6-14(17,9-13)8-10-7-11(15)3-4-12(10)16/h3-4,7H,5-6,8-9,17H2,1-2H3. The molecule has 0 aliphatic heterocycles. The summed E-state index contributed by atoms with van der Waals surface area (Å²) >= 11 is 5.90. The van der Waals surface area contributed by atoms with Gasteiger partial charge in [0.05, 0.1) is 0 Å². The second-order valence-corrected chi connectivity index (χ2v) is 6.55. The summed E-state index contributed by atoms with van der Waals surface area (Å²) in [6, 6.07) is 4.68. The molecule has 3 heteroatoms. The summed E-state index contributed by atoms with van der Waals surface area (Å²) < 4.78 is 13.7. The molecule has 0 amide bonds. The molecule has 0 radical (unpaired) electrons. The van der Waals surface area contributed by atoms with Crippen LogP contribution in [0.5, 0.6) is 0 Å². The zero-order chi connectivity index (χ0) is 12.7. The van der Waals surface area contributed by atoms with Gasteiger partial charge in [0.25, 0.3) is 0 Å². The third-order valence-electron chi connectivity index (χ3n) is 3.68. The molecular formula is C14H19ClFN. The van der Waals surface area contributed by atoms with Crippen molar-refractivity contribution in [3.8, 4) is 0 Å². The second kappa shape index (κ2) is 4.25. The van der Waals surface area contributed by atoms with E-state index < -0.39 is 0 Å². The van der Waals surface area contributed by atoms with E-state index in [2.05, 4.69) is 13.8 Å². The van der Waals surface area contributed by atoms with E-state index in [9.17, 15) is 4.39 Å². The lowest BCUT2D eigenvalue weighted by atomic mass is 9.85. The highest BCUT2D eigenvalue weighted by Crippen LogP contribution is 2.43. The highest BCUT2D eigenvalue weighted by atomic mass is 35.5. The van der Waals surface area contributed by atoms with Crippen LogP contribution in [0.15, 0.2) is 18.2 Å². The summed E-state index contributed by atoms with van der Waals surface area (Å²) in [6.45, 7) is 4.44. The Hall–Kier alpha value is -0.600. The summed E-state index contributed by atoms with van der Waals surface area (Å²) in [7, 11) is 0. The number of nitrogens with two attached hydrogens (primary N) is 1. The normalized spacial score (nSPS) is 27.4. The van der Waals surface area contributed by atoms with Crippen LogP contribution in [-0.4, -0.2) is 5.54 Å². The minimum absolute atomic E-state index is 0.205. The largest absolute Gasteiger partial charge is 0.325 e. The highest BCUT2D eigenvalue weighted by Gasteiger charge is 2.40. The fourth-order valence-electron chi connectivity index (χ4n) is 2.93. The minimum atomic E-state index is -0.283. The molecule has 0 bridgehead atoms. The third kappa shape index (κ3) is 2.99. The second-order valence-electron chi connectivity index (χ2n) is 6.12. The Kier molecular flexibility index (Phi) is 3.21. The summed E-state index contributed by atoms with van der Waals surface area (Å²) in [5, 5.41) is 0.572. The molecule has 1 nitrogen and oxygen atoms in total. The van der Waals surface area contributed by atoms with Gasteiger partial charge in [0, 0.05) is 10.6 Å². The first-order valence-corrected chi connectivity index (χ1v) is 6.40. The van der Waals surface area contributed by atoms with Crippen molar-refractivity contribution in [3.05, 3.63) is 34.6 Å². The van der Waals surface area contributed by atoms with Gasteiger partial charge in [0.1, 0.15) is 5.82 Å². The van der Waals surface area contributed by atoms with Gasteiger partial charge in [-0.1, -0.05) is 25.4 Å². The summed E-state index contributed by atoms with van der Waals surface area (Å²) in [5.74, 6) is -0.205. The lowest BCUT2D eigenvalue weighted by Gasteiger charge is -2.26. The smallest absolute Gasteiger partial charge is 0.126 e. The lowest BCUT2D eigenvalue weighted by molar-refractivity contribution is 0.332. The molecule has 0 aromatic heterocycles. The molecule has 1 aliphatic carbocycles. The van der Waals surface area contributed by atoms with Crippen LogP contribution in [-0.2, 0) is 6.42 Å². The van der Waals surface area contributed by atoms with Crippen molar-refractivity contribution in [2.45, 2.75) is 45.1 Å². The maximum absolute atomic E-state index is 13.7. The lowest BCUT2D eigenvalue weighted by Crippen LogP contribution is -2.40. The van der Waals surface area contributed by atoms with Crippen LogP contribution < -0.4 is 5.73 Å². The summed E-state index contributed by atoms with van der Waals surface area (Å²) in [5.41, 5.74) is 7.00. The molecule has 2 rings (SSSR count). The highest BCUT2D eigenvalue weighted by molar-refractivity contribution is 6.30. The monoisotopic (exact) mass is 255 g/mol. The van der Waals surface area contributed by atoms with E-state index in [1.165, 1.54) is 6.07 Å². The Bertz CT molecular complexity index is 430. The predicted octanol–water partition coefficient (Wildman–Crippen LogP) is 3.93. The molecule has 0 heterocycles. The van der Waals surface area contributed by atoms with Gasteiger partial charge < -0.3 is 5.73 Å². The van der Waals surface area contributed by atoms with Crippen LogP contribution in [0.4, 0.5) is 4.39 Å². The Balaban J connectivity index is 2.18. The molecule has 1 aromatic rings. The van der Waals surface area contributed by atoms with Gasteiger partial charge in [-0.05, 0) is 54.9 Å². The SMILES string of the molecule is CC1(C)CCC(N)(Cc2cc(Cl)ccc2F)C1. The molecule has 0 spiro atoms. The van der Waals surface area contributed by atoms with E-state index in [1.54, 1.807) is 12.1 Å². The fraction of sp³-hybridized carbons (Fsp3) is 0.571. The number of hydrogen-bond donors (Lipinski definition) is 1. The van der Waals surface area contributed by atoms with E-state index in [1.807, 2.05) is 0 Å². The van der Waals surface area contributed by atoms with Crippen LogP contribution in [0.2, 0.25) is 5.02 Å².